The molecule has 0 atom stereocenters. The Bertz CT molecular complexity index is 1130. The molecule has 4 rings (SSSR count). The molecule has 32 heavy (non-hydrogen) atoms. The number of rotatable bonds is 6. The Morgan fingerprint density at radius 2 is 1.81 bits per heavy atom. The lowest BCUT2D eigenvalue weighted by Gasteiger charge is -2.25. The van der Waals surface area contributed by atoms with Gasteiger partial charge >= 0.3 is 6.16 Å². The van der Waals surface area contributed by atoms with Crippen molar-refractivity contribution >= 4 is 52.3 Å². The molecule has 3 aromatic rings. The zero-order valence-electron chi connectivity index (χ0n) is 16.5. The van der Waals surface area contributed by atoms with E-state index in [4.69, 9.17) is 37.4 Å². The van der Waals surface area contributed by atoms with Crippen LogP contribution in [0.2, 0.25) is 10.0 Å². The van der Waals surface area contributed by atoms with Crippen molar-refractivity contribution in [1.29, 1.82) is 0 Å². The summed E-state index contributed by atoms with van der Waals surface area (Å²) < 4.78 is 16.1. The number of amides is 1. The Morgan fingerprint density at radius 1 is 1.09 bits per heavy atom. The average molecular weight is 494 g/mol. The van der Waals surface area contributed by atoms with E-state index in [0.717, 1.165) is 21.8 Å². The largest absolute Gasteiger partial charge is 0.512 e. The van der Waals surface area contributed by atoms with Crippen LogP contribution in [0.15, 0.2) is 54.6 Å². The van der Waals surface area contributed by atoms with Crippen LogP contribution in [-0.4, -0.2) is 43.2 Å². The summed E-state index contributed by atoms with van der Waals surface area (Å²) in [6.45, 7) is 0.802. The highest BCUT2D eigenvalue weighted by atomic mass is 35.5. The minimum Gasteiger partial charge on any atom is -0.449 e. The van der Waals surface area contributed by atoms with Gasteiger partial charge in [-0.2, -0.15) is 0 Å². The summed E-state index contributed by atoms with van der Waals surface area (Å²) in [5.41, 5.74) is 1.32. The van der Waals surface area contributed by atoms with Crippen molar-refractivity contribution in [1.82, 2.24) is 0 Å². The lowest BCUT2D eigenvalue weighted by molar-refractivity contribution is -0.0337. The van der Waals surface area contributed by atoms with Gasteiger partial charge < -0.3 is 19.3 Å². The molecule has 1 saturated heterocycles. The van der Waals surface area contributed by atoms with Gasteiger partial charge in [-0.05, 0) is 29.8 Å². The molecular formula is C22H17Cl2NO6S. The Balaban J connectivity index is 1.79. The van der Waals surface area contributed by atoms with Crippen LogP contribution < -0.4 is 9.64 Å². The molecule has 0 saturated carbocycles. The molecule has 0 aliphatic carbocycles. The van der Waals surface area contributed by atoms with Crippen LogP contribution in [0.4, 0.5) is 10.5 Å². The van der Waals surface area contributed by atoms with Crippen LogP contribution in [0.1, 0.15) is 10.4 Å². The fraction of sp³-hybridized carbons (Fsp3) is 0.182. The van der Waals surface area contributed by atoms with Crippen molar-refractivity contribution in [2.24, 2.45) is 0 Å². The van der Waals surface area contributed by atoms with Gasteiger partial charge in [0.2, 0.25) is 5.06 Å². The Kier molecular flexibility index (Phi) is 6.98. The zero-order valence-corrected chi connectivity index (χ0v) is 18.8. The molecule has 0 spiro atoms. The van der Waals surface area contributed by atoms with Crippen molar-refractivity contribution in [3.05, 3.63) is 70.2 Å². The maximum Gasteiger partial charge on any atom is 0.512 e. The highest BCUT2D eigenvalue weighted by molar-refractivity contribution is 7.18. The number of benzene rings is 2. The smallest absolute Gasteiger partial charge is 0.449 e. The summed E-state index contributed by atoms with van der Waals surface area (Å²) in [5.74, 6) is -0.474. The van der Waals surface area contributed by atoms with Gasteiger partial charge in [0.15, 0.2) is 6.29 Å². The third kappa shape index (κ3) is 5.06. The maximum absolute atomic E-state index is 13.5. The number of nitrogens with zero attached hydrogens (tertiary/aromatic N) is 1. The van der Waals surface area contributed by atoms with Gasteiger partial charge in [0.1, 0.15) is 0 Å². The van der Waals surface area contributed by atoms with Gasteiger partial charge in [0.25, 0.3) is 5.91 Å². The monoisotopic (exact) mass is 493 g/mol. The number of hydrogen-bond acceptors (Lipinski definition) is 6. The fourth-order valence-corrected chi connectivity index (χ4v) is 4.71. The molecule has 1 fully saturated rings. The first-order valence-corrected chi connectivity index (χ1v) is 11.1. The van der Waals surface area contributed by atoms with E-state index in [1.807, 2.05) is 30.3 Å². The first-order valence-electron chi connectivity index (χ1n) is 9.52. The molecule has 1 aliphatic heterocycles. The van der Waals surface area contributed by atoms with Gasteiger partial charge in [0, 0.05) is 9.90 Å². The number of hydrogen-bond donors (Lipinski definition) is 1. The fourth-order valence-electron chi connectivity index (χ4n) is 3.21. The van der Waals surface area contributed by atoms with Crippen LogP contribution in [0, 0.1) is 0 Å². The van der Waals surface area contributed by atoms with Crippen molar-refractivity contribution < 1.29 is 28.9 Å². The Morgan fingerprint density at radius 3 is 2.47 bits per heavy atom. The number of ether oxygens (including phenoxy) is 3. The second-order valence-corrected chi connectivity index (χ2v) is 8.59. The summed E-state index contributed by atoms with van der Waals surface area (Å²) >= 11 is 13.4. The van der Waals surface area contributed by atoms with Gasteiger partial charge in [-0.1, -0.05) is 64.9 Å². The first kappa shape index (κ1) is 22.6. The lowest BCUT2D eigenvalue weighted by atomic mass is 10.1. The summed E-state index contributed by atoms with van der Waals surface area (Å²) in [6, 6.07) is 15.6. The number of carbonyl (C=O) groups is 2. The summed E-state index contributed by atoms with van der Waals surface area (Å²) in [7, 11) is 0. The Hall–Kier alpha value is -2.62. The van der Waals surface area contributed by atoms with Crippen molar-refractivity contribution in [2.75, 3.05) is 24.7 Å². The first-order chi connectivity index (χ1) is 15.4. The molecule has 1 N–H and O–H groups in total. The molecular weight excluding hydrogens is 477 g/mol. The minimum absolute atomic E-state index is 0.0126. The molecule has 0 unspecified atom stereocenters. The van der Waals surface area contributed by atoms with Crippen LogP contribution in [0.5, 0.6) is 5.06 Å². The molecule has 1 amide bonds. The number of carboxylic acid groups (broad SMARTS) is 1. The van der Waals surface area contributed by atoms with Crippen molar-refractivity contribution in [3.63, 3.8) is 0 Å². The van der Waals surface area contributed by atoms with Crippen molar-refractivity contribution in [3.8, 4) is 15.5 Å². The Labute approximate surface area is 197 Å². The van der Waals surface area contributed by atoms with Gasteiger partial charge in [-0.25, -0.2) is 4.79 Å². The number of anilines is 1. The summed E-state index contributed by atoms with van der Waals surface area (Å²) in [6.07, 6.45) is -2.17. The van der Waals surface area contributed by atoms with Crippen LogP contribution in [0.3, 0.4) is 0 Å². The molecule has 0 bridgehead atoms. The topological polar surface area (TPSA) is 85.3 Å². The normalized spacial score (nSPS) is 13.8. The number of carbonyl (C=O) groups excluding carboxylic acids is 1. The SMILES string of the molecule is O=C(O)Oc1sc(-c2ccccc2)cc1N(CC1OCCO1)C(=O)c1ccc(Cl)cc1Cl. The van der Waals surface area contributed by atoms with E-state index in [2.05, 4.69) is 0 Å². The zero-order chi connectivity index (χ0) is 22.7. The lowest BCUT2D eigenvalue weighted by Crippen LogP contribution is -2.38. The quantitative estimate of drug-likeness (QED) is 0.436. The number of thiophene rings is 1. The maximum atomic E-state index is 13.5. The molecule has 7 nitrogen and oxygen atoms in total. The standard InChI is InChI=1S/C22H17Cl2NO6S/c23-14-6-7-15(16(24)10-14)20(26)25(12-19-29-8-9-30-19)17-11-18(13-4-2-1-3-5-13)32-21(17)31-22(27)28/h1-7,10-11,19H,8-9,12H2,(H,27,28). The molecule has 1 aromatic heterocycles. The van der Waals surface area contributed by atoms with E-state index in [9.17, 15) is 14.7 Å². The van der Waals surface area contributed by atoms with E-state index < -0.39 is 18.4 Å². The predicted octanol–water partition coefficient (Wildman–Crippen LogP) is 5.80. The second-order valence-electron chi connectivity index (χ2n) is 6.73. The van der Waals surface area contributed by atoms with Crippen LogP contribution in [-0.2, 0) is 9.47 Å². The predicted molar refractivity (Wildman–Crippen MR) is 122 cm³/mol. The van der Waals surface area contributed by atoms with Crippen LogP contribution >= 0.6 is 34.5 Å². The van der Waals surface area contributed by atoms with E-state index in [-0.39, 0.29) is 27.9 Å². The molecule has 166 valence electrons. The summed E-state index contributed by atoms with van der Waals surface area (Å²) in [4.78, 5) is 27.0. The van der Waals surface area contributed by atoms with Crippen molar-refractivity contribution in [2.45, 2.75) is 6.29 Å². The molecule has 2 heterocycles. The highest BCUT2D eigenvalue weighted by Gasteiger charge is 2.31. The average Bonchev–Trinajstić information content (AvgIpc) is 3.42. The van der Waals surface area contributed by atoms with Gasteiger partial charge in [-0.3, -0.25) is 9.69 Å². The molecule has 10 heteroatoms. The molecule has 1 aliphatic rings. The second kappa shape index (κ2) is 9.89. The van der Waals surface area contributed by atoms with E-state index in [1.54, 1.807) is 12.1 Å². The van der Waals surface area contributed by atoms with Crippen LogP contribution in [0.25, 0.3) is 10.4 Å². The third-order valence-corrected chi connectivity index (χ3v) is 6.24. The van der Waals surface area contributed by atoms with Gasteiger partial charge in [0.05, 0.1) is 36.0 Å². The van der Waals surface area contributed by atoms with E-state index in [1.165, 1.54) is 17.0 Å². The number of halogens is 2. The minimum atomic E-state index is -1.49. The highest BCUT2D eigenvalue weighted by Crippen LogP contribution is 2.44. The molecule has 0 radical (unpaired) electrons. The summed E-state index contributed by atoms with van der Waals surface area (Å²) in [5, 5.41) is 9.87. The third-order valence-electron chi connectivity index (χ3n) is 4.64. The van der Waals surface area contributed by atoms with E-state index in [0.29, 0.717) is 18.2 Å². The van der Waals surface area contributed by atoms with Gasteiger partial charge in [-0.15, -0.1) is 0 Å². The van der Waals surface area contributed by atoms with E-state index >= 15 is 0 Å². The molecule has 2 aromatic carbocycles.